The summed E-state index contributed by atoms with van der Waals surface area (Å²) < 4.78 is 0. The van der Waals surface area contributed by atoms with Gasteiger partial charge in [-0.15, -0.1) is 0 Å². The molecule has 0 amide bonds. The lowest BCUT2D eigenvalue weighted by Crippen LogP contribution is -2.53. The van der Waals surface area contributed by atoms with Crippen molar-refractivity contribution in [2.75, 3.05) is 14.1 Å². The summed E-state index contributed by atoms with van der Waals surface area (Å²) in [6.45, 7) is 5.59. The molecule has 0 radical (unpaired) electrons. The molecule has 36 heavy (non-hydrogen) atoms. The first kappa shape index (κ1) is 26.5. The van der Waals surface area contributed by atoms with Gasteiger partial charge in [0.25, 0.3) is 0 Å². The molecule has 0 saturated heterocycles. The molecule has 2 unspecified atom stereocenters. The Bertz CT molecular complexity index is 1110. The number of aliphatic hydroxyl groups excluding tert-OH is 4. The summed E-state index contributed by atoms with van der Waals surface area (Å²) in [7, 11) is 3.83. The van der Waals surface area contributed by atoms with Gasteiger partial charge in [-0.25, -0.2) is 0 Å². The van der Waals surface area contributed by atoms with Crippen LogP contribution in [0, 0.1) is 23.7 Å². The fraction of sp³-hybridized carbons (Fsp3) is 0.643. The van der Waals surface area contributed by atoms with Crippen molar-refractivity contribution in [3.05, 3.63) is 45.3 Å². The van der Waals surface area contributed by atoms with E-state index in [0.717, 1.165) is 24.1 Å². The summed E-state index contributed by atoms with van der Waals surface area (Å²) >= 11 is 0. The Balaban J connectivity index is 1.86. The Hall–Kier alpha value is -2.58. The topological polar surface area (TPSA) is 139 Å². The van der Waals surface area contributed by atoms with Crippen molar-refractivity contribution in [1.82, 2.24) is 4.90 Å². The zero-order valence-electron chi connectivity index (χ0n) is 21.8. The predicted molar refractivity (Wildman–Crippen MR) is 134 cm³/mol. The lowest BCUT2D eigenvalue weighted by atomic mass is 9.60. The van der Waals surface area contributed by atoms with E-state index in [-0.39, 0.29) is 47.0 Å². The number of nitrogens with zero attached hydrogens (tertiary/aromatic N) is 1. The first-order valence-electron chi connectivity index (χ1n) is 13.0. The van der Waals surface area contributed by atoms with Gasteiger partial charge in [0.2, 0.25) is 0 Å². The highest BCUT2D eigenvalue weighted by atomic mass is 16.4. The smallest absolute Gasteiger partial charge is 0.182 e. The van der Waals surface area contributed by atoms with Crippen LogP contribution in [0.3, 0.4) is 0 Å². The summed E-state index contributed by atoms with van der Waals surface area (Å²) in [5.41, 5.74) is -0.680. The molecule has 0 fully saturated rings. The Kier molecular flexibility index (Phi) is 6.90. The molecule has 0 spiro atoms. The van der Waals surface area contributed by atoms with Crippen LogP contribution in [0.1, 0.15) is 65.7 Å². The van der Waals surface area contributed by atoms with E-state index in [9.17, 15) is 35.1 Å². The van der Waals surface area contributed by atoms with Gasteiger partial charge >= 0.3 is 0 Å². The van der Waals surface area contributed by atoms with E-state index in [0.29, 0.717) is 25.2 Å². The molecule has 5 atom stereocenters. The maximum absolute atomic E-state index is 13.6. The molecule has 0 heterocycles. The standard InChI is InChI=1S/C28H39NO7/c1-13(2)7-6-8-15-11-19(29(4)5)18-10-16-9-17-12-20(31)21(14(3)30)26(34)28(17,36)27(35)22(16)25(33)23(18)24(15)32/h13-17,30,33-36H,6-12H2,1-5H3/t14?,15?,16-,17+,28-/m1/s1. The summed E-state index contributed by atoms with van der Waals surface area (Å²) in [5.74, 6) is -3.42. The van der Waals surface area contributed by atoms with Gasteiger partial charge in [0.1, 0.15) is 17.3 Å². The van der Waals surface area contributed by atoms with E-state index in [4.69, 9.17) is 0 Å². The number of carbonyl (C=O) groups is 2. The quantitative estimate of drug-likeness (QED) is 0.371. The van der Waals surface area contributed by atoms with Crippen LogP contribution in [0.4, 0.5) is 0 Å². The van der Waals surface area contributed by atoms with E-state index in [1.165, 1.54) is 6.92 Å². The molecule has 0 aromatic carbocycles. The number of aliphatic hydroxyl groups is 5. The minimum absolute atomic E-state index is 0.0487. The summed E-state index contributed by atoms with van der Waals surface area (Å²) in [6.07, 6.45) is 2.30. The van der Waals surface area contributed by atoms with Crippen molar-refractivity contribution in [3.63, 3.8) is 0 Å². The first-order valence-corrected chi connectivity index (χ1v) is 13.0. The highest BCUT2D eigenvalue weighted by molar-refractivity contribution is 6.04. The number of allylic oxidation sites excluding steroid dienone is 4. The molecule has 0 aliphatic heterocycles. The van der Waals surface area contributed by atoms with Crippen LogP contribution in [-0.2, 0) is 9.59 Å². The molecule has 8 nitrogen and oxygen atoms in total. The van der Waals surface area contributed by atoms with Gasteiger partial charge < -0.3 is 30.4 Å². The molecule has 0 aromatic heterocycles. The largest absolute Gasteiger partial charge is 0.508 e. The van der Waals surface area contributed by atoms with Gasteiger partial charge in [0.15, 0.2) is 17.2 Å². The highest BCUT2D eigenvalue weighted by Gasteiger charge is 2.58. The van der Waals surface area contributed by atoms with Crippen molar-refractivity contribution in [2.24, 2.45) is 23.7 Å². The van der Waals surface area contributed by atoms with Gasteiger partial charge in [-0.3, -0.25) is 9.59 Å². The fourth-order valence-electron chi connectivity index (χ4n) is 6.62. The average Bonchev–Trinajstić information content (AvgIpc) is 2.77. The van der Waals surface area contributed by atoms with Crippen molar-refractivity contribution < 1.29 is 35.1 Å². The Morgan fingerprint density at radius 2 is 1.69 bits per heavy atom. The van der Waals surface area contributed by atoms with E-state index in [1.807, 2.05) is 19.0 Å². The van der Waals surface area contributed by atoms with E-state index in [1.54, 1.807) is 0 Å². The number of rotatable bonds is 6. The zero-order chi connectivity index (χ0) is 26.7. The van der Waals surface area contributed by atoms with Crippen LogP contribution in [-0.4, -0.2) is 67.8 Å². The number of carbonyl (C=O) groups excluding carboxylic acids is 2. The lowest BCUT2D eigenvalue weighted by molar-refractivity contribution is -0.125. The second-order valence-corrected chi connectivity index (χ2v) is 11.6. The van der Waals surface area contributed by atoms with Crippen LogP contribution >= 0.6 is 0 Å². The number of hydrogen-bond donors (Lipinski definition) is 5. The number of fused-ring (bicyclic) bond motifs is 3. The van der Waals surface area contributed by atoms with Gasteiger partial charge in [-0.05, 0) is 50.0 Å². The summed E-state index contributed by atoms with van der Waals surface area (Å²) in [5, 5.41) is 55.2. The monoisotopic (exact) mass is 501 g/mol. The van der Waals surface area contributed by atoms with Crippen LogP contribution in [0.5, 0.6) is 0 Å². The molecule has 0 bridgehead atoms. The maximum atomic E-state index is 13.6. The van der Waals surface area contributed by atoms with E-state index in [2.05, 4.69) is 13.8 Å². The molecule has 198 valence electrons. The molecule has 0 saturated carbocycles. The molecule has 4 rings (SSSR count). The Labute approximate surface area is 212 Å². The average molecular weight is 502 g/mol. The minimum Gasteiger partial charge on any atom is -0.508 e. The second kappa shape index (κ2) is 9.38. The van der Waals surface area contributed by atoms with Crippen LogP contribution in [0.2, 0.25) is 0 Å². The van der Waals surface area contributed by atoms with Crippen molar-refractivity contribution >= 4 is 11.6 Å². The SMILES string of the molecule is CC(C)CCCC1CC(N(C)C)=C2C[C@H]3C[C@H]4CC(=O)C(C(C)O)=C(O)[C@@]4(O)C(O)=C3C(O)=C2C1=O. The Morgan fingerprint density at radius 1 is 1.03 bits per heavy atom. The third-order valence-electron chi connectivity index (χ3n) is 8.47. The number of ketones is 2. The summed E-state index contributed by atoms with van der Waals surface area (Å²) in [6, 6.07) is 0. The molecule has 5 N–H and O–H groups in total. The third kappa shape index (κ3) is 3.98. The van der Waals surface area contributed by atoms with Gasteiger partial charge in [0.05, 0.1) is 17.3 Å². The lowest BCUT2D eigenvalue weighted by Gasteiger charge is -2.48. The number of hydrogen-bond acceptors (Lipinski definition) is 8. The normalized spacial score (nSPS) is 31.6. The Morgan fingerprint density at radius 3 is 2.28 bits per heavy atom. The number of Topliss-reactive ketones (excluding diaryl/α,β-unsaturated/α-hetero) is 2. The first-order chi connectivity index (χ1) is 16.8. The van der Waals surface area contributed by atoms with E-state index < -0.39 is 40.8 Å². The highest BCUT2D eigenvalue weighted by Crippen LogP contribution is 2.55. The molecule has 4 aliphatic carbocycles. The molecular formula is C28H39NO7. The van der Waals surface area contributed by atoms with Gasteiger partial charge in [-0.1, -0.05) is 26.7 Å². The molecule has 4 aliphatic rings. The molecule has 8 heteroatoms. The molecular weight excluding hydrogens is 462 g/mol. The second-order valence-electron chi connectivity index (χ2n) is 11.6. The van der Waals surface area contributed by atoms with E-state index >= 15 is 0 Å². The van der Waals surface area contributed by atoms with Crippen molar-refractivity contribution in [3.8, 4) is 0 Å². The van der Waals surface area contributed by atoms with Gasteiger partial charge in [-0.2, -0.15) is 0 Å². The third-order valence-corrected chi connectivity index (χ3v) is 8.47. The summed E-state index contributed by atoms with van der Waals surface area (Å²) in [4.78, 5) is 28.3. The van der Waals surface area contributed by atoms with Crippen LogP contribution in [0.15, 0.2) is 45.3 Å². The maximum Gasteiger partial charge on any atom is 0.182 e. The van der Waals surface area contributed by atoms with Crippen LogP contribution < -0.4 is 0 Å². The van der Waals surface area contributed by atoms with Crippen molar-refractivity contribution in [1.29, 1.82) is 0 Å². The molecule has 0 aromatic rings. The fourth-order valence-corrected chi connectivity index (χ4v) is 6.62. The predicted octanol–water partition coefficient (Wildman–Crippen LogP) is 3.78. The van der Waals surface area contributed by atoms with Gasteiger partial charge in [0, 0.05) is 43.6 Å². The zero-order valence-corrected chi connectivity index (χ0v) is 21.8. The van der Waals surface area contributed by atoms with Crippen LogP contribution in [0.25, 0.3) is 0 Å². The van der Waals surface area contributed by atoms with Crippen molar-refractivity contribution in [2.45, 2.75) is 77.4 Å². The minimum atomic E-state index is -2.30.